The maximum absolute atomic E-state index is 5.77. The average molecular weight is 348 g/mol. The summed E-state index contributed by atoms with van der Waals surface area (Å²) in [5, 5.41) is 3.52. The molecule has 3 aromatic rings. The van der Waals surface area contributed by atoms with E-state index in [-0.39, 0.29) is 6.04 Å². The fraction of sp³-hybridized carbons (Fsp3) is 0.286. The summed E-state index contributed by atoms with van der Waals surface area (Å²) in [5.41, 5.74) is 4.28. The first-order chi connectivity index (χ1) is 12.6. The highest BCUT2D eigenvalue weighted by Gasteiger charge is 2.10. The zero-order chi connectivity index (χ0) is 18.4. The summed E-state index contributed by atoms with van der Waals surface area (Å²) in [6.45, 7) is 7.31. The Morgan fingerprint density at radius 3 is 2.54 bits per heavy atom. The first-order valence-corrected chi connectivity index (χ1v) is 8.77. The Kier molecular flexibility index (Phi) is 5.92. The van der Waals surface area contributed by atoms with E-state index in [0.29, 0.717) is 6.61 Å². The number of aromatic nitrogens is 3. The molecule has 26 heavy (non-hydrogen) atoms. The highest BCUT2D eigenvalue weighted by molar-refractivity contribution is 5.28. The van der Waals surface area contributed by atoms with E-state index in [1.54, 1.807) is 6.20 Å². The van der Waals surface area contributed by atoms with Crippen molar-refractivity contribution in [3.63, 3.8) is 0 Å². The minimum atomic E-state index is 0.190. The van der Waals surface area contributed by atoms with Crippen molar-refractivity contribution in [2.45, 2.75) is 40.0 Å². The molecule has 0 unspecified atom stereocenters. The Morgan fingerprint density at radius 2 is 1.85 bits per heavy atom. The number of nitrogens with one attached hydrogen (secondary N) is 1. The Bertz CT molecular complexity index is 834. The summed E-state index contributed by atoms with van der Waals surface area (Å²) >= 11 is 0. The fourth-order valence-corrected chi connectivity index (χ4v) is 2.74. The van der Waals surface area contributed by atoms with Crippen molar-refractivity contribution in [2.24, 2.45) is 0 Å². The smallest absolute Gasteiger partial charge is 0.130 e. The van der Waals surface area contributed by atoms with E-state index in [1.807, 2.05) is 50.4 Å². The van der Waals surface area contributed by atoms with Gasteiger partial charge in [0.05, 0.1) is 5.69 Å². The molecule has 0 amide bonds. The summed E-state index contributed by atoms with van der Waals surface area (Å²) in [6.07, 6.45) is 3.68. The van der Waals surface area contributed by atoms with Crippen LogP contribution in [0.15, 0.2) is 54.9 Å². The van der Waals surface area contributed by atoms with Gasteiger partial charge in [0.2, 0.25) is 0 Å². The second-order valence-corrected chi connectivity index (χ2v) is 6.31. The molecule has 5 nitrogen and oxygen atoms in total. The van der Waals surface area contributed by atoms with Gasteiger partial charge in [-0.1, -0.05) is 18.2 Å². The summed E-state index contributed by atoms with van der Waals surface area (Å²) in [6, 6.07) is 14.1. The van der Waals surface area contributed by atoms with Gasteiger partial charge >= 0.3 is 0 Å². The number of aryl methyl sites for hydroxylation is 2. The van der Waals surface area contributed by atoms with Crippen molar-refractivity contribution in [3.8, 4) is 5.75 Å². The summed E-state index contributed by atoms with van der Waals surface area (Å²) in [4.78, 5) is 13.0. The topological polar surface area (TPSA) is 59.9 Å². The number of hydrogen-bond acceptors (Lipinski definition) is 5. The van der Waals surface area contributed by atoms with Gasteiger partial charge < -0.3 is 10.1 Å². The van der Waals surface area contributed by atoms with Crippen LogP contribution in [0.4, 0.5) is 0 Å². The van der Waals surface area contributed by atoms with E-state index in [4.69, 9.17) is 4.74 Å². The molecule has 0 saturated heterocycles. The standard InChI is InChI=1S/C21H24N4O/c1-15(21-13-24-17(3)25-16(21)2)23-12-18-7-9-20(10-8-18)26-14-19-6-4-5-11-22-19/h4-11,13,15,23H,12,14H2,1-3H3/t15-/m0/s1. The van der Waals surface area contributed by atoms with Crippen molar-refractivity contribution in [1.29, 1.82) is 0 Å². The molecule has 5 heteroatoms. The molecule has 0 fully saturated rings. The lowest BCUT2D eigenvalue weighted by Crippen LogP contribution is -2.19. The molecule has 1 aromatic carbocycles. The molecule has 134 valence electrons. The minimum Gasteiger partial charge on any atom is -0.487 e. The van der Waals surface area contributed by atoms with Crippen LogP contribution in [0, 0.1) is 13.8 Å². The molecule has 0 saturated carbocycles. The van der Waals surface area contributed by atoms with Crippen LogP contribution >= 0.6 is 0 Å². The molecular formula is C21H24N4O. The SMILES string of the molecule is Cc1ncc([C@H](C)NCc2ccc(OCc3ccccn3)cc2)c(C)n1. The van der Waals surface area contributed by atoms with Crippen LogP contribution in [0.25, 0.3) is 0 Å². The third-order valence-corrected chi connectivity index (χ3v) is 4.25. The average Bonchev–Trinajstić information content (AvgIpc) is 2.66. The largest absolute Gasteiger partial charge is 0.487 e. The quantitative estimate of drug-likeness (QED) is 0.701. The maximum Gasteiger partial charge on any atom is 0.130 e. The molecule has 2 heterocycles. The Balaban J connectivity index is 1.52. The van der Waals surface area contributed by atoms with E-state index >= 15 is 0 Å². The minimum absolute atomic E-state index is 0.190. The molecule has 1 N–H and O–H groups in total. The van der Waals surface area contributed by atoms with E-state index in [0.717, 1.165) is 35.1 Å². The molecule has 2 aromatic heterocycles. The summed E-state index contributed by atoms with van der Waals surface area (Å²) in [5.74, 6) is 1.65. The number of pyridine rings is 1. The molecule has 0 spiro atoms. The second-order valence-electron chi connectivity index (χ2n) is 6.31. The van der Waals surface area contributed by atoms with Crippen molar-refractivity contribution in [2.75, 3.05) is 0 Å². The van der Waals surface area contributed by atoms with Gasteiger partial charge in [0.1, 0.15) is 18.2 Å². The Hall–Kier alpha value is -2.79. The van der Waals surface area contributed by atoms with Crippen LogP contribution in [0.1, 0.15) is 41.3 Å². The van der Waals surface area contributed by atoms with Crippen LogP contribution in [0.3, 0.4) is 0 Å². The van der Waals surface area contributed by atoms with Crippen LogP contribution in [0.2, 0.25) is 0 Å². The van der Waals surface area contributed by atoms with Gasteiger partial charge in [-0.3, -0.25) is 4.98 Å². The first-order valence-electron chi connectivity index (χ1n) is 8.77. The van der Waals surface area contributed by atoms with Gasteiger partial charge in [0.25, 0.3) is 0 Å². The lowest BCUT2D eigenvalue weighted by molar-refractivity contribution is 0.301. The highest BCUT2D eigenvalue weighted by atomic mass is 16.5. The van der Waals surface area contributed by atoms with E-state index < -0.39 is 0 Å². The number of ether oxygens (including phenoxy) is 1. The van der Waals surface area contributed by atoms with Gasteiger partial charge in [-0.25, -0.2) is 9.97 Å². The first kappa shape index (κ1) is 18.0. The van der Waals surface area contributed by atoms with Crippen LogP contribution in [-0.4, -0.2) is 15.0 Å². The van der Waals surface area contributed by atoms with Crippen molar-refractivity contribution >= 4 is 0 Å². The second kappa shape index (κ2) is 8.54. The molecule has 0 radical (unpaired) electrons. The van der Waals surface area contributed by atoms with Crippen LogP contribution < -0.4 is 10.1 Å². The Morgan fingerprint density at radius 1 is 1.04 bits per heavy atom. The fourth-order valence-electron chi connectivity index (χ4n) is 2.74. The monoisotopic (exact) mass is 348 g/mol. The molecule has 0 aliphatic carbocycles. The lowest BCUT2D eigenvalue weighted by atomic mass is 10.1. The number of nitrogens with zero attached hydrogens (tertiary/aromatic N) is 3. The number of rotatable bonds is 7. The van der Waals surface area contributed by atoms with Gasteiger partial charge in [0, 0.05) is 36.2 Å². The highest BCUT2D eigenvalue weighted by Crippen LogP contribution is 2.17. The Labute approximate surface area is 154 Å². The van der Waals surface area contributed by atoms with Gasteiger partial charge in [-0.2, -0.15) is 0 Å². The summed E-state index contributed by atoms with van der Waals surface area (Å²) < 4.78 is 5.77. The number of hydrogen-bond donors (Lipinski definition) is 1. The maximum atomic E-state index is 5.77. The predicted molar refractivity (Wildman–Crippen MR) is 102 cm³/mol. The van der Waals surface area contributed by atoms with E-state index in [2.05, 4.69) is 39.3 Å². The molecule has 0 aliphatic heterocycles. The van der Waals surface area contributed by atoms with Crippen LogP contribution in [0.5, 0.6) is 5.75 Å². The van der Waals surface area contributed by atoms with E-state index in [1.165, 1.54) is 5.56 Å². The zero-order valence-electron chi connectivity index (χ0n) is 15.4. The normalized spacial score (nSPS) is 12.0. The molecule has 0 bridgehead atoms. The number of benzene rings is 1. The lowest BCUT2D eigenvalue weighted by Gasteiger charge is -2.16. The van der Waals surface area contributed by atoms with Crippen molar-refractivity contribution in [3.05, 3.63) is 83.2 Å². The van der Waals surface area contributed by atoms with Gasteiger partial charge in [-0.05, 0) is 50.6 Å². The third-order valence-electron chi connectivity index (χ3n) is 4.25. The zero-order valence-corrected chi connectivity index (χ0v) is 15.4. The van der Waals surface area contributed by atoms with Gasteiger partial charge in [0.15, 0.2) is 0 Å². The molecule has 1 atom stereocenters. The molecule has 0 aliphatic rings. The van der Waals surface area contributed by atoms with Crippen molar-refractivity contribution in [1.82, 2.24) is 20.3 Å². The molecule has 3 rings (SSSR count). The van der Waals surface area contributed by atoms with Crippen molar-refractivity contribution < 1.29 is 4.74 Å². The molecular weight excluding hydrogens is 324 g/mol. The van der Waals surface area contributed by atoms with Crippen LogP contribution in [-0.2, 0) is 13.2 Å². The predicted octanol–water partition coefficient (Wildman–Crippen LogP) is 3.92. The van der Waals surface area contributed by atoms with Gasteiger partial charge in [-0.15, -0.1) is 0 Å². The summed E-state index contributed by atoms with van der Waals surface area (Å²) in [7, 11) is 0. The third kappa shape index (κ3) is 4.86. The van der Waals surface area contributed by atoms with E-state index in [9.17, 15) is 0 Å².